The summed E-state index contributed by atoms with van der Waals surface area (Å²) in [5.74, 6) is -4.50. The maximum Gasteiger partial charge on any atom is 0.452 e. The zero-order chi connectivity index (χ0) is 30.6. The summed E-state index contributed by atoms with van der Waals surface area (Å²) in [4.78, 5) is 54.1. The van der Waals surface area contributed by atoms with E-state index in [2.05, 4.69) is 0 Å². The Bertz CT molecular complexity index is 1340. The molecule has 0 bridgehead atoms. The fraction of sp³-hybridized carbons (Fsp3) is 0.379. The Kier molecular flexibility index (Phi) is 9.46. The zero-order valence-electron chi connectivity index (χ0n) is 23.6. The first-order valence-electron chi connectivity index (χ1n) is 12.7. The second kappa shape index (κ2) is 12.4. The lowest BCUT2D eigenvalue weighted by atomic mass is 9.96. The predicted octanol–water partition coefficient (Wildman–Crippen LogP) is 4.22. The van der Waals surface area contributed by atoms with Crippen molar-refractivity contribution >= 4 is 29.2 Å². The Hall–Kier alpha value is -4.35. The van der Waals surface area contributed by atoms with Crippen LogP contribution in [0.4, 0.5) is 13.2 Å². The van der Waals surface area contributed by atoms with E-state index < -0.39 is 54.1 Å². The van der Waals surface area contributed by atoms with Crippen molar-refractivity contribution in [2.45, 2.75) is 52.4 Å². The molecule has 9 nitrogen and oxygen atoms in total. The van der Waals surface area contributed by atoms with Gasteiger partial charge in [0, 0.05) is 32.0 Å². The van der Waals surface area contributed by atoms with Crippen molar-refractivity contribution in [3.63, 3.8) is 0 Å². The minimum atomic E-state index is -5.32. The van der Waals surface area contributed by atoms with Crippen LogP contribution in [0.5, 0.6) is 11.5 Å². The zero-order valence-corrected chi connectivity index (χ0v) is 23.6. The number of hydrogen-bond donors (Lipinski definition) is 0. The number of methoxy groups -OCH3 is 2. The van der Waals surface area contributed by atoms with Gasteiger partial charge in [-0.25, -0.2) is 10.0 Å². The normalized spacial score (nSPS) is 16.3. The Morgan fingerprint density at radius 2 is 1.59 bits per heavy atom. The quantitative estimate of drug-likeness (QED) is 0.444. The number of halogens is 3. The summed E-state index contributed by atoms with van der Waals surface area (Å²) in [6.07, 6.45) is -4.55. The lowest BCUT2D eigenvalue weighted by Gasteiger charge is -2.46. The largest absolute Gasteiger partial charge is 0.493 e. The average molecular weight is 576 g/mol. The molecule has 0 aromatic heterocycles. The first-order chi connectivity index (χ1) is 19.2. The molecule has 0 radical (unpaired) electrons. The van der Waals surface area contributed by atoms with Gasteiger partial charge in [-0.3, -0.25) is 19.2 Å². The van der Waals surface area contributed by atoms with E-state index in [0.29, 0.717) is 16.3 Å². The summed E-state index contributed by atoms with van der Waals surface area (Å²) in [5.41, 5.74) is 0.452. The maximum atomic E-state index is 14.2. The van der Waals surface area contributed by atoms with Crippen molar-refractivity contribution in [2.24, 2.45) is 5.92 Å². The van der Waals surface area contributed by atoms with Gasteiger partial charge in [-0.1, -0.05) is 44.2 Å². The number of ketones is 1. The highest BCUT2D eigenvalue weighted by molar-refractivity contribution is 6.00. The van der Waals surface area contributed by atoms with Gasteiger partial charge in [0.15, 0.2) is 11.5 Å². The molecule has 3 amide bonds. The van der Waals surface area contributed by atoms with Gasteiger partial charge in [0.25, 0.3) is 11.7 Å². The van der Waals surface area contributed by atoms with Crippen molar-refractivity contribution in [1.29, 1.82) is 0 Å². The second-order valence-corrected chi connectivity index (χ2v) is 9.78. The summed E-state index contributed by atoms with van der Waals surface area (Å²) >= 11 is 0. The molecule has 0 saturated carbocycles. The van der Waals surface area contributed by atoms with Crippen LogP contribution >= 0.6 is 0 Å². The Labute approximate surface area is 236 Å². The number of hydrogen-bond acceptors (Lipinski definition) is 6. The summed E-state index contributed by atoms with van der Waals surface area (Å²) < 4.78 is 52.6. The van der Waals surface area contributed by atoms with Gasteiger partial charge in [-0.2, -0.15) is 13.2 Å². The molecule has 0 aliphatic carbocycles. The molecule has 2 aromatic rings. The number of rotatable bonds is 9. The van der Waals surface area contributed by atoms with Gasteiger partial charge in [0.2, 0.25) is 11.8 Å². The number of alkyl halides is 3. The van der Waals surface area contributed by atoms with E-state index in [1.165, 1.54) is 62.6 Å². The number of ether oxygens (including phenoxy) is 2. The molecule has 220 valence electrons. The molecule has 0 fully saturated rings. The first kappa shape index (κ1) is 31.2. The van der Waals surface area contributed by atoms with E-state index in [4.69, 9.17) is 9.47 Å². The van der Waals surface area contributed by atoms with Crippen LogP contribution in [-0.4, -0.2) is 70.9 Å². The molecule has 3 rings (SSSR count). The molecule has 41 heavy (non-hydrogen) atoms. The monoisotopic (exact) mass is 575 g/mol. The second-order valence-electron chi connectivity index (χ2n) is 9.78. The van der Waals surface area contributed by atoms with Crippen LogP contribution in [0.2, 0.25) is 0 Å². The van der Waals surface area contributed by atoms with Crippen molar-refractivity contribution in [1.82, 2.24) is 14.9 Å². The fourth-order valence-corrected chi connectivity index (χ4v) is 4.75. The lowest BCUT2D eigenvalue weighted by molar-refractivity contribution is -0.187. The van der Waals surface area contributed by atoms with Crippen molar-refractivity contribution < 1.29 is 41.8 Å². The smallest absolute Gasteiger partial charge is 0.452 e. The van der Waals surface area contributed by atoms with E-state index in [1.54, 1.807) is 32.0 Å². The van der Waals surface area contributed by atoms with E-state index in [1.807, 2.05) is 0 Å². The molecule has 2 atom stereocenters. The lowest BCUT2D eigenvalue weighted by Crippen LogP contribution is -2.64. The Morgan fingerprint density at radius 1 is 0.976 bits per heavy atom. The number of hydrazine groups is 1. The average Bonchev–Trinajstić information content (AvgIpc) is 2.91. The fourth-order valence-electron chi connectivity index (χ4n) is 4.75. The Balaban J connectivity index is 2.34. The number of carbonyl (C=O) groups excluding carboxylic acids is 4. The molecular weight excluding hydrogens is 543 g/mol. The van der Waals surface area contributed by atoms with Crippen LogP contribution in [0.3, 0.4) is 0 Å². The predicted molar refractivity (Wildman–Crippen MR) is 143 cm³/mol. The molecule has 12 heteroatoms. The van der Waals surface area contributed by atoms with Crippen LogP contribution in [0.1, 0.15) is 38.8 Å². The third-order valence-electron chi connectivity index (χ3n) is 6.61. The molecule has 1 heterocycles. The number of benzene rings is 2. The highest BCUT2D eigenvalue weighted by atomic mass is 19.4. The van der Waals surface area contributed by atoms with Crippen LogP contribution in [0, 0.1) is 5.92 Å². The molecule has 0 spiro atoms. The third-order valence-corrected chi connectivity index (χ3v) is 6.61. The molecule has 0 saturated heterocycles. The van der Waals surface area contributed by atoms with Crippen LogP contribution in [-0.2, 0) is 25.6 Å². The van der Waals surface area contributed by atoms with Crippen LogP contribution in [0.15, 0.2) is 54.7 Å². The van der Waals surface area contributed by atoms with Gasteiger partial charge in [-0.15, -0.1) is 0 Å². The topological polar surface area (TPSA) is 96.5 Å². The minimum Gasteiger partial charge on any atom is -0.493 e. The number of nitrogens with zero attached hydrogens (tertiary/aromatic N) is 3. The summed E-state index contributed by atoms with van der Waals surface area (Å²) in [6, 6.07) is 9.03. The molecule has 0 N–H and O–H groups in total. The number of Topliss-reactive ketones (excluding diaryl/α,β-unsaturated/α-hetero) is 1. The van der Waals surface area contributed by atoms with Gasteiger partial charge in [-0.05, 0) is 29.7 Å². The van der Waals surface area contributed by atoms with Crippen molar-refractivity contribution in [3.05, 3.63) is 65.9 Å². The van der Waals surface area contributed by atoms with E-state index in [-0.39, 0.29) is 17.0 Å². The van der Waals surface area contributed by atoms with E-state index >= 15 is 0 Å². The minimum absolute atomic E-state index is 0.105. The van der Waals surface area contributed by atoms with Crippen LogP contribution in [0.25, 0.3) is 5.70 Å². The summed E-state index contributed by atoms with van der Waals surface area (Å²) in [6.45, 7) is 5.54. The molecule has 2 unspecified atom stereocenters. The van der Waals surface area contributed by atoms with E-state index in [0.717, 1.165) is 11.9 Å². The van der Waals surface area contributed by atoms with Gasteiger partial charge >= 0.3 is 6.18 Å². The first-order valence-corrected chi connectivity index (χ1v) is 12.7. The van der Waals surface area contributed by atoms with Crippen molar-refractivity contribution in [3.8, 4) is 11.5 Å². The highest BCUT2D eigenvalue weighted by Gasteiger charge is 2.51. The maximum absolute atomic E-state index is 14.2. The van der Waals surface area contributed by atoms with Gasteiger partial charge in [0.05, 0.1) is 19.9 Å². The third kappa shape index (κ3) is 6.53. The SMILES string of the molecule is COc1ccc(C2=CN(C(C)=O)C(C(C)C)C(=O)N2N(C(C)=O)C(Cc2ccccc2)C(=O)C(F)(F)F)cc1OC. The van der Waals surface area contributed by atoms with E-state index in [9.17, 15) is 32.3 Å². The van der Waals surface area contributed by atoms with Gasteiger partial charge in [0.1, 0.15) is 12.1 Å². The van der Waals surface area contributed by atoms with Gasteiger partial charge < -0.3 is 14.4 Å². The standard InChI is InChI=1S/C29H32F3N3O6/c1-17(2)26-28(39)35(23(16-33(26)18(3)36)21-12-13-24(40-5)25(15-21)41-6)34(19(4)37)22(27(38)29(30,31)32)14-20-10-8-7-9-11-20/h7-13,15-17,22,26H,14H2,1-6H3. The molecular formula is C29H32F3N3O6. The van der Waals surface area contributed by atoms with Crippen molar-refractivity contribution in [2.75, 3.05) is 14.2 Å². The number of carbonyl (C=O) groups is 4. The summed E-state index contributed by atoms with van der Waals surface area (Å²) in [7, 11) is 2.78. The number of amides is 3. The summed E-state index contributed by atoms with van der Waals surface area (Å²) in [5, 5.41) is 1.32. The van der Waals surface area contributed by atoms with Crippen LogP contribution < -0.4 is 9.47 Å². The molecule has 1 aliphatic rings. The Morgan fingerprint density at radius 3 is 2.07 bits per heavy atom. The molecule has 2 aromatic carbocycles. The highest BCUT2D eigenvalue weighted by Crippen LogP contribution is 2.37. The molecule has 1 aliphatic heterocycles.